The van der Waals surface area contributed by atoms with Gasteiger partial charge in [0.15, 0.2) is 9.84 Å². The van der Waals surface area contributed by atoms with E-state index in [-0.39, 0.29) is 5.75 Å². The zero-order valence-electron chi connectivity index (χ0n) is 10.1. The van der Waals surface area contributed by atoms with Gasteiger partial charge in [-0.1, -0.05) is 19.1 Å². The van der Waals surface area contributed by atoms with E-state index in [9.17, 15) is 8.42 Å². The SMILES string of the molecule is CCS(=O)(=O)c1cccc(CCc2cn[nH]n2)c1. The fourth-order valence-electron chi connectivity index (χ4n) is 1.68. The van der Waals surface area contributed by atoms with Gasteiger partial charge < -0.3 is 0 Å². The molecule has 0 aliphatic carbocycles. The van der Waals surface area contributed by atoms with Crippen molar-refractivity contribution in [3.8, 4) is 0 Å². The average molecular weight is 265 g/mol. The molecule has 18 heavy (non-hydrogen) atoms. The number of H-pyrrole nitrogens is 1. The molecule has 2 aromatic rings. The molecule has 0 aliphatic rings. The second kappa shape index (κ2) is 5.30. The molecule has 1 aromatic carbocycles. The molecule has 0 saturated carbocycles. The average Bonchev–Trinajstić information content (AvgIpc) is 2.90. The predicted molar refractivity (Wildman–Crippen MR) is 68.0 cm³/mol. The van der Waals surface area contributed by atoms with Crippen molar-refractivity contribution in [2.45, 2.75) is 24.7 Å². The number of aryl methyl sites for hydroxylation is 2. The Morgan fingerprint density at radius 3 is 2.78 bits per heavy atom. The number of rotatable bonds is 5. The van der Waals surface area contributed by atoms with E-state index in [0.29, 0.717) is 4.90 Å². The van der Waals surface area contributed by atoms with Gasteiger partial charge in [0, 0.05) is 0 Å². The Kier molecular flexibility index (Phi) is 3.76. The number of hydrogen-bond acceptors (Lipinski definition) is 4. The molecule has 0 radical (unpaired) electrons. The van der Waals surface area contributed by atoms with E-state index in [2.05, 4.69) is 15.4 Å². The minimum absolute atomic E-state index is 0.125. The number of nitrogens with zero attached hydrogens (tertiary/aromatic N) is 2. The van der Waals surface area contributed by atoms with Crippen molar-refractivity contribution in [1.82, 2.24) is 15.4 Å². The zero-order chi connectivity index (χ0) is 13.0. The first-order valence-electron chi connectivity index (χ1n) is 5.78. The van der Waals surface area contributed by atoms with Crippen molar-refractivity contribution < 1.29 is 8.42 Å². The summed E-state index contributed by atoms with van der Waals surface area (Å²) in [5.74, 6) is 0.125. The predicted octanol–water partition coefficient (Wildman–Crippen LogP) is 1.38. The largest absolute Gasteiger partial charge is 0.224 e. The number of nitrogens with one attached hydrogen (secondary N) is 1. The van der Waals surface area contributed by atoms with Crippen LogP contribution in [0.25, 0.3) is 0 Å². The van der Waals surface area contributed by atoms with E-state index in [1.54, 1.807) is 31.3 Å². The van der Waals surface area contributed by atoms with Gasteiger partial charge in [0.2, 0.25) is 0 Å². The van der Waals surface area contributed by atoms with Crippen molar-refractivity contribution in [2.75, 3.05) is 5.75 Å². The molecule has 6 heteroatoms. The Balaban J connectivity index is 2.13. The standard InChI is InChI=1S/C12H15N3O2S/c1-2-18(16,17)12-5-3-4-10(8-12)6-7-11-9-13-15-14-11/h3-5,8-9H,2,6-7H2,1H3,(H,13,14,15). The molecule has 0 aliphatic heterocycles. The van der Waals surface area contributed by atoms with Crippen LogP contribution in [0, 0.1) is 0 Å². The Hall–Kier alpha value is -1.69. The van der Waals surface area contributed by atoms with Gasteiger partial charge in [-0.15, -0.1) is 0 Å². The molecule has 0 bridgehead atoms. The van der Waals surface area contributed by atoms with Crippen molar-refractivity contribution in [1.29, 1.82) is 0 Å². The van der Waals surface area contributed by atoms with E-state index in [0.717, 1.165) is 24.1 Å². The minimum Gasteiger partial charge on any atom is -0.224 e. The quantitative estimate of drug-likeness (QED) is 0.886. The summed E-state index contributed by atoms with van der Waals surface area (Å²) in [5, 5.41) is 10.3. The molecule has 0 unspecified atom stereocenters. The first-order chi connectivity index (χ1) is 8.62. The summed E-state index contributed by atoms with van der Waals surface area (Å²) in [5.41, 5.74) is 1.87. The van der Waals surface area contributed by atoms with Crippen LogP contribution < -0.4 is 0 Å². The Bertz CT molecular complexity index is 606. The highest BCUT2D eigenvalue weighted by Gasteiger charge is 2.11. The normalized spacial score (nSPS) is 11.6. The topological polar surface area (TPSA) is 75.7 Å². The van der Waals surface area contributed by atoms with E-state index < -0.39 is 9.84 Å². The first-order valence-corrected chi connectivity index (χ1v) is 7.43. The van der Waals surface area contributed by atoms with Crippen LogP contribution in [-0.2, 0) is 22.7 Å². The van der Waals surface area contributed by atoms with Crippen LogP contribution in [0.5, 0.6) is 0 Å². The second-order valence-corrected chi connectivity index (χ2v) is 6.29. The summed E-state index contributed by atoms with van der Waals surface area (Å²) >= 11 is 0. The van der Waals surface area contributed by atoms with Crippen molar-refractivity contribution in [2.24, 2.45) is 0 Å². The summed E-state index contributed by atoms with van der Waals surface area (Å²) < 4.78 is 23.5. The van der Waals surface area contributed by atoms with E-state index in [1.807, 2.05) is 6.07 Å². The van der Waals surface area contributed by atoms with Crippen molar-refractivity contribution in [3.63, 3.8) is 0 Å². The molecule has 1 aromatic heterocycles. The lowest BCUT2D eigenvalue weighted by atomic mass is 10.1. The van der Waals surface area contributed by atoms with Crippen LogP contribution in [0.3, 0.4) is 0 Å². The molecule has 0 amide bonds. The molecular formula is C12H15N3O2S. The van der Waals surface area contributed by atoms with Crippen molar-refractivity contribution >= 4 is 9.84 Å². The summed E-state index contributed by atoms with van der Waals surface area (Å²) in [7, 11) is -3.13. The molecular weight excluding hydrogens is 250 g/mol. The third-order valence-electron chi connectivity index (χ3n) is 2.77. The third-order valence-corrected chi connectivity index (χ3v) is 4.50. The van der Waals surface area contributed by atoms with Gasteiger partial charge in [0.25, 0.3) is 0 Å². The van der Waals surface area contributed by atoms with Crippen molar-refractivity contribution in [3.05, 3.63) is 41.7 Å². The van der Waals surface area contributed by atoms with Crippen LogP contribution in [0.2, 0.25) is 0 Å². The number of aromatic nitrogens is 3. The number of benzene rings is 1. The number of aromatic amines is 1. The lowest BCUT2D eigenvalue weighted by molar-refractivity contribution is 0.597. The molecule has 5 nitrogen and oxygen atoms in total. The van der Waals surface area contributed by atoms with Gasteiger partial charge >= 0.3 is 0 Å². The highest BCUT2D eigenvalue weighted by atomic mass is 32.2. The van der Waals surface area contributed by atoms with E-state index >= 15 is 0 Å². The highest BCUT2D eigenvalue weighted by Crippen LogP contribution is 2.14. The van der Waals surface area contributed by atoms with Gasteiger partial charge in [-0.2, -0.15) is 15.4 Å². The maximum absolute atomic E-state index is 11.8. The van der Waals surface area contributed by atoms with Crippen LogP contribution in [-0.4, -0.2) is 29.6 Å². The monoisotopic (exact) mass is 265 g/mol. The maximum Gasteiger partial charge on any atom is 0.178 e. The van der Waals surface area contributed by atoms with E-state index in [1.165, 1.54) is 0 Å². The van der Waals surface area contributed by atoms with Gasteiger partial charge in [0.05, 0.1) is 22.5 Å². The smallest absolute Gasteiger partial charge is 0.178 e. The zero-order valence-corrected chi connectivity index (χ0v) is 10.9. The molecule has 0 atom stereocenters. The molecule has 96 valence electrons. The fraction of sp³-hybridized carbons (Fsp3) is 0.333. The van der Waals surface area contributed by atoms with Crippen LogP contribution in [0.15, 0.2) is 35.4 Å². The number of hydrogen-bond donors (Lipinski definition) is 1. The lowest BCUT2D eigenvalue weighted by Crippen LogP contribution is -2.04. The van der Waals surface area contributed by atoms with Crippen LogP contribution in [0.4, 0.5) is 0 Å². The van der Waals surface area contributed by atoms with Gasteiger partial charge in [0.1, 0.15) is 0 Å². The molecule has 0 saturated heterocycles. The summed E-state index contributed by atoms with van der Waals surface area (Å²) in [6.45, 7) is 1.65. The summed E-state index contributed by atoms with van der Waals surface area (Å²) in [6.07, 6.45) is 3.17. The minimum atomic E-state index is -3.13. The summed E-state index contributed by atoms with van der Waals surface area (Å²) in [4.78, 5) is 0.391. The summed E-state index contributed by atoms with van der Waals surface area (Å²) in [6, 6.07) is 7.08. The molecule has 0 spiro atoms. The number of sulfone groups is 1. The Labute approximate surface area is 106 Å². The van der Waals surface area contributed by atoms with Crippen LogP contribution in [0.1, 0.15) is 18.2 Å². The second-order valence-electron chi connectivity index (χ2n) is 4.01. The lowest BCUT2D eigenvalue weighted by Gasteiger charge is -2.04. The van der Waals surface area contributed by atoms with Gasteiger partial charge in [-0.3, -0.25) is 0 Å². The Morgan fingerprint density at radius 1 is 1.28 bits per heavy atom. The van der Waals surface area contributed by atoms with Gasteiger partial charge in [-0.05, 0) is 30.5 Å². The highest BCUT2D eigenvalue weighted by molar-refractivity contribution is 7.91. The third kappa shape index (κ3) is 2.95. The Morgan fingerprint density at radius 2 is 2.11 bits per heavy atom. The molecule has 2 rings (SSSR count). The molecule has 1 heterocycles. The molecule has 1 N–H and O–H groups in total. The van der Waals surface area contributed by atoms with Gasteiger partial charge in [-0.25, -0.2) is 8.42 Å². The maximum atomic E-state index is 11.8. The molecule has 0 fully saturated rings. The fourth-order valence-corrected chi connectivity index (χ4v) is 2.63. The van der Waals surface area contributed by atoms with E-state index in [4.69, 9.17) is 0 Å². The van der Waals surface area contributed by atoms with Crippen LogP contribution >= 0.6 is 0 Å². The first kappa shape index (κ1) is 12.8.